The maximum Gasteiger partial charge on any atom is 0.269 e. The lowest BCUT2D eigenvalue weighted by Crippen LogP contribution is -2.41. The van der Waals surface area contributed by atoms with Gasteiger partial charge < -0.3 is 9.47 Å². The number of hydrogen-bond donors (Lipinski definition) is 2. The summed E-state index contributed by atoms with van der Waals surface area (Å²) in [6.45, 7) is 6.39. The smallest absolute Gasteiger partial charge is 0.269 e. The van der Waals surface area contributed by atoms with E-state index in [0.29, 0.717) is 31.2 Å². The molecule has 0 atom stereocenters. The normalized spacial score (nSPS) is 11.1. The van der Waals surface area contributed by atoms with Crippen LogP contribution in [0.25, 0.3) is 0 Å². The number of carbonyl (C=O) groups is 2. The van der Waals surface area contributed by atoms with Gasteiger partial charge in [-0.25, -0.2) is 8.42 Å². The Bertz CT molecular complexity index is 1040. The maximum atomic E-state index is 12.7. The summed E-state index contributed by atoms with van der Waals surface area (Å²) in [5.41, 5.74) is 4.94. The molecule has 2 aromatic rings. The standard InChI is InChI=1S/C21H27N3O6S/c1-5-24(6-2)31(27,28)17-10-8-9-15(13-17)20(25)22-23-21(26)16-11-12-18(30-7-3)19(14-16)29-4/h8-14H,5-7H2,1-4H3,(H,22,25)(H,23,26). The molecule has 2 N–H and O–H groups in total. The number of hydrogen-bond acceptors (Lipinski definition) is 6. The third-order valence-corrected chi connectivity index (χ3v) is 6.50. The number of hydrazine groups is 1. The molecule has 0 aliphatic heterocycles. The Labute approximate surface area is 182 Å². The van der Waals surface area contributed by atoms with E-state index in [2.05, 4.69) is 10.9 Å². The van der Waals surface area contributed by atoms with Gasteiger partial charge in [0, 0.05) is 24.2 Å². The molecule has 0 saturated carbocycles. The van der Waals surface area contributed by atoms with Crippen LogP contribution < -0.4 is 20.3 Å². The number of sulfonamides is 1. The first-order valence-corrected chi connectivity index (χ1v) is 11.2. The summed E-state index contributed by atoms with van der Waals surface area (Å²) in [5, 5.41) is 0. The lowest BCUT2D eigenvalue weighted by atomic mass is 10.2. The molecule has 0 spiro atoms. The summed E-state index contributed by atoms with van der Waals surface area (Å²) >= 11 is 0. The van der Waals surface area contributed by atoms with Crippen molar-refractivity contribution >= 4 is 21.8 Å². The number of rotatable bonds is 9. The molecule has 168 valence electrons. The van der Waals surface area contributed by atoms with E-state index in [1.807, 2.05) is 6.92 Å². The number of nitrogens with zero attached hydrogens (tertiary/aromatic N) is 1. The average Bonchev–Trinajstić information content (AvgIpc) is 2.78. The van der Waals surface area contributed by atoms with E-state index >= 15 is 0 Å². The van der Waals surface area contributed by atoms with Crippen LogP contribution >= 0.6 is 0 Å². The summed E-state index contributed by atoms with van der Waals surface area (Å²) in [5.74, 6) is -0.337. The molecule has 0 aliphatic carbocycles. The van der Waals surface area contributed by atoms with Crippen molar-refractivity contribution in [3.63, 3.8) is 0 Å². The predicted molar refractivity (Wildman–Crippen MR) is 116 cm³/mol. The second-order valence-corrected chi connectivity index (χ2v) is 8.26. The highest BCUT2D eigenvalue weighted by Crippen LogP contribution is 2.28. The van der Waals surface area contributed by atoms with Crippen LogP contribution in [0.3, 0.4) is 0 Å². The highest BCUT2D eigenvalue weighted by atomic mass is 32.2. The Morgan fingerprint density at radius 2 is 1.52 bits per heavy atom. The monoisotopic (exact) mass is 449 g/mol. The predicted octanol–water partition coefficient (Wildman–Crippen LogP) is 2.20. The van der Waals surface area contributed by atoms with Gasteiger partial charge in [-0.2, -0.15) is 4.31 Å². The summed E-state index contributed by atoms with van der Waals surface area (Å²) < 4.78 is 37.2. The van der Waals surface area contributed by atoms with Crippen LogP contribution in [-0.2, 0) is 10.0 Å². The largest absolute Gasteiger partial charge is 0.493 e. The van der Waals surface area contributed by atoms with Crippen molar-refractivity contribution in [1.82, 2.24) is 15.2 Å². The van der Waals surface area contributed by atoms with Crippen LogP contribution in [-0.4, -0.2) is 51.3 Å². The molecule has 2 amide bonds. The van der Waals surface area contributed by atoms with Gasteiger partial charge in [-0.1, -0.05) is 19.9 Å². The van der Waals surface area contributed by atoms with Gasteiger partial charge in [0.1, 0.15) is 0 Å². The topological polar surface area (TPSA) is 114 Å². The van der Waals surface area contributed by atoms with Crippen molar-refractivity contribution < 1.29 is 27.5 Å². The fourth-order valence-electron chi connectivity index (χ4n) is 2.85. The molecule has 0 unspecified atom stereocenters. The molecule has 0 radical (unpaired) electrons. The molecule has 9 nitrogen and oxygen atoms in total. The van der Waals surface area contributed by atoms with Gasteiger partial charge in [0.05, 0.1) is 18.6 Å². The Morgan fingerprint density at radius 1 is 0.903 bits per heavy atom. The van der Waals surface area contributed by atoms with Crippen molar-refractivity contribution in [2.45, 2.75) is 25.7 Å². The van der Waals surface area contributed by atoms with E-state index < -0.39 is 21.8 Å². The summed E-state index contributed by atoms with van der Waals surface area (Å²) in [4.78, 5) is 24.8. The van der Waals surface area contributed by atoms with Crippen molar-refractivity contribution in [3.8, 4) is 11.5 Å². The second-order valence-electron chi connectivity index (χ2n) is 6.32. The Kier molecular flexibility index (Phi) is 8.40. The minimum atomic E-state index is -3.71. The first-order chi connectivity index (χ1) is 14.8. The molecule has 2 aromatic carbocycles. The third kappa shape index (κ3) is 5.74. The fraction of sp³-hybridized carbons (Fsp3) is 0.333. The zero-order chi connectivity index (χ0) is 23.0. The van der Waals surface area contributed by atoms with Gasteiger partial charge >= 0.3 is 0 Å². The minimum absolute atomic E-state index is 0.00595. The molecular formula is C21H27N3O6S. The molecule has 0 aliphatic rings. The van der Waals surface area contributed by atoms with Gasteiger partial charge in [0.2, 0.25) is 10.0 Å². The maximum absolute atomic E-state index is 12.7. The molecule has 0 saturated heterocycles. The number of methoxy groups -OCH3 is 1. The number of benzene rings is 2. The Morgan fingerprint density at radius 3 is 2.06 bits per heavy atom. The lowest BCUT2D eigenvalue weighted by molar-refractivity contribution is 0.0846. The molecule has 10 heteroatoms. The molecule has 2 rings (SSSR count). The van der Waals surface area contributed by atoms with Crippen molar-refractivity contribution in [1.29, 1.82) is 0 Å². The van der Waals surface area contributed by atoms with E-state index in [1.165, 1.54) is 47.8 Å². The van der Waals surface area contributed by atoms with Crippen LogP contribution in [0.5, 0.6) is 11.5 Å². The van der Waals surface area contributed by atoms with Crippen LogP contribution in [0.1, 0.15) is 41.5 Å². The molecule has 31 heavy (non-hydrogen) atoms. The number of ether oxygens (including phenoxy) is 2. The highest BCUT2D eigenvalue weighted by Gasteiger charge is 2.22. The Hall–Kier alpha value is -3.11. The van der Waals surface area contributed by atoms with Crippen LogP contribution in [0.2, 0.25) is 0 Å². The first kappa shape index (κ1) is 24.2. The Balaban J connectivity index is 2.12. The quantitative estimate of drug-likeness (QED) is 0.568. The number of amides is 2. The summed E-state index contributed by atoms with van der Waals surface area (Å²) in [6, 6.07) is 10.3. The van der Waals surface area contributed by atoms with Crippen LogP contribution in [0, 0.1) is 0 Å². The van der Waals surface area contributed by atoms with Gasteiger partial charge in [-0.15, -0.1) is 0 Å². The van der Waals surface area contributed by atoms with Crippen molar-refractivity contribution in [3.05, 3.63) is 53.6 Å². The van der Waals surface area contributed by atoms with E-state index in [9.17, 15) is 18.0 Å². The number of carbonyl (C=O) groups excluding carboxylic acids is 2. The van der Waals surface area contributed by atoms with E-state index in [-0.39, 0.29) is 16.0 Å². The minimum Gasteiger partial charge on any atom is -0.493 e. The SMILES string of the molecule is CCOc1ccc(C(=O)NNC(=O)c2cccc(S(=O)(=O)N(CC)CC)c2)cc1OC. The zero-order valence-corrected chi connectivity index (χ0v) is 18.8. The van der Waals surface area contributed by atoms with Crippen molar-refractivity contribution in [2.75, 3.05) is 26.8 Å². The van der Waals surface area contributed by atoms with E-state index in [1.54, 1.807) is 19.9 Å². The van der Waals surface area contributed by atoms with E-state index in [0.717, 1.165) is 0 Å². The first-order valence-electron chi connectivity index (χ1n) is 9.80. The zero-order valence-electron chi connectivity index (χ0n) is 18.0. The number of nitrogens with one attached hydrogen (secondary N) is 2. The van der Waals surface area contributed by atoms with Crippen LogP contribution in [0.15, 0.2) is 47.4 Å². The summed E-state index contributed by atoms with van der Waals surface area (Å²) in [7, 11) is -2.25. The molecule has 0 heterocycles. The molecular weight excluding hydrogens is 422 g/mol. The van der Waals surface area contributed by atoms with Gasteiger partial charge in [-0.3, -0.25) is 20.4 Å². The van der Waals surface area contributed by atoms with Gasteiger partial charge in [-0.05, 0) is 43.3 Å². The summed E-state index contributed by atoms with van der Waals surface area (Å²) in [6.07, 6.45) is 0. The molecule has 0 aromatic heterocycles. The molecule has 0 fully saturated rings. The van der Waals surface area contributed by atoms with Crippen molar-refractivity contribution in [2.24, 2.45) is 0 Å². The van der Waals surface area contributed by atoms with Gasteiger partial charge in [0.15, 0.2) is 11.5 Å². The van der Waals surface area contributed by atoms with Gasteiger partial charge in [0.25, 0.3) is 11.8 Å². The third-order valence-electron chi connectivity index (χ3n) is 4.45. The fourth-order valence-corrected chi connectivity index (χ4v) is 4.36. The van der Waals surface area contributed by atoms with Crippen LogP contribution in [0.4, 0.5) is 0 Å². The highest BCUT2D eigenvalue weighted by molar-refractivity contribution is 7.89. The van der Waals surface area contributed by atoms with E-state index in [4.69, 9.17) is 9.47 Å². The molecule has 0 bridgehead atoms. The lowest BCUT2D eigenvalue weighted by Gasteiger charge is -2.18. The second kappa shape index (κ2) is 10.8. The average molecular weight is 450 g/mol.